The summed E-state index contributed by atoms with van der Waals surface area (Å²) in [6.45, 7) is 3.87. The van der Waals surface area contributed by atoms with Gasteiger partial charge in [0.25, 0.3) is 5.91 Å². The molecule has 7 heteroatoms. The second-order valence-corrected chi connectivity index (χ2v) is 6.58. The van der Waals surface area contributed by atoms with E-state index in [1.165, 1.54) is 36.0 Å². The van der Waals surface area contributed by atoms with E-state index in [0.717, 1.165) is 16.8 Å². The quantitative estimate of drug-likeness (QED) is 0.830. The van der Waals surface area contributed by atoms with E-state index in [-0.39, 0.29) is 17.4 Å². The van der Waals surface area contributed by atoms with Gasteiger partial charge in [0, 0.05) is 5.56 Å². The predicted octanol–water partition coefficient (Wildman–Crippen LogP) is 2.79. The number of amidine groups is 1. The number of nitrogens with zero attached hydrogens (tertiary/aromatic N) is 2. The summed E-state index contributed by atoms with van der Waals surface area (Å²) in [6.07, 6.45) is 0. The van der Waals surface area contributed by atoms with E-state index in [1.54, 1.807) is 4.90 Å². The van der Waals surface area contributed by atoms with E-state index >= 15 is 0 Å². The molecule has 128 valence electrons. The van der Waals surface area contributed by atoms with Crippen molar-refractivity contribution in [3.63, 3.8) is 0 Å². The molecule has 0 aromatic heterocycles. The van der Waals surface area contributed by atoms with Crippen LogP contribution in [0.25, 0.3) is 0 Å². The summed E-state index contributed by atoms with van der Waals surface area (Å²) in [6, 6.07) is 11.7. The predicted molar refractivity (Wildman–Crippen MR) is 98.9 cm³/mol. The average molecular weight is 355 g/mol. The number of para-hydroxylation sites is 1. The Morgan fingerprint density at radius 1 is 1.16 bits per heavy atom. The molecular weight excluding hydrogens is 338 g/mol. The third-order valence-corrected chi connectivity index (χ3v) is 4.73. The van der Waals surface area contributed by atoms with Gasteiger partial charge in [0.1, 0.15) is 5.75 Å². The molecule has 0 spiro atoms. The molecule has 2 amide bonds. The zero-order valence-corrected chi connectivity index (χ0v) is 14.6. The number of nitrogens with one attached hydrogen (secondary N) is 1. The minimum absolute atomic E-state index is 0.0694. The number of aryl methyl sites for hydroxylation is 2. The molecule has 2 aromatic carbocycles. The summed E-state index contributed by atoms with van der Waals surface area (Å²) >= 11 is 1.28. The molecule has 0 bridgehead atoms. The number of carbonyl (C=O) groups is 2. The van der Waals surface area contributed by atoms with Crippen molar-refractivity contribution in [3.05, 3.63) is 59.2 Å². The Kier molecular flexibility index (Phi) is 4.76. The van der Waals surface area contributed by atoms with Crippen LogP contribution >= 0.6 is 11.8 Å². The lowest BCUT2D eigenvalue weighted by atomic mass is 10.1. The van der Waals surface area contributed by atoms with Crippen molar-refractivity contribution in [2.75, 3.05) is 10.7 Å². The van der Waals surface area contributed by atoms with Gasteiger partial charge in [-0.1, -0.05) is 30.0 Å². The molecule has 0 unspecified atom stereocenters. The number of hydrogen-bond donors (Lipinski definition) is 2. The van der Waals surface area contributed by atoms with Crippen LogP contribution in [0.2, 0.25) is 0 Å². The number of carbonyl (C=O) groups excluding carboxylic acids is 2. The first kappa shape index (κ1) is 17.0. The van der Waals surface area contributed by atoms with Crippen LogP contribution in [0.4, 0.5) is 5.69 Å². The first-order valence-corrected chi connectivity index (χ1v) is 8.65. The van der Waals surface area contributed by atoms with Gasteiger partial charge in [-0.25, -0.2) is 5.43 Å². The zero-order chi connectivity index (χ0) is 18.0. The fraction of sp³-hybridized carbons (Fsp3) is 0.167. The number of hydrazone groups is 1. The minimum atomic E-state index is -0.408. The number of thioether (sulfide) groups is 1. The molecule has 0 atom stereocenters. The van der Waals surface area contributed by atoms with E-state index in [9.17, 15) is 14.7 Å². The van der Waals surface area contributed by atoms with Crippen LogP contribution < -0.4 is 10.3 Å². The Balaban J connectivity index is 1.85. The monoisotopic (exact) mass is 355 g/mol. The molecule has 0 aliphatic carbocycles. The van der Waals surface area contributed by atoms with Gasteiger partial charge in [0.05, 0.1) is 11.4 Å². The smallest absolute Gasteiger partial charge is 0.271 e. The van der Waals surface area contributed by atoms with E-state index in [0.29, 0.717) is 10.7 Å². The summed E-state index contributed by atoms with van der Waals surface area (Å²) < 4.78 is 0. The fourth-order valence-corrected chi connectivity index (χ4v) is 3.41. The van der Waals surface area contributed by atoms with Crippen molar-refractivity contribution in [1.82, 2.24) is 5.43 Å². The molecular formula is C18H17N3O3S. The maximum absolute atomic E-state index is 12.3. The summed E-state index contributed by atoms with van der Waals surface area (Å²) in [5.41, 5.74) is 5.58. The molecule has 1 saturated heterocycles. The topological polar surface area (TPSA) is 82.0 Å². The lowest BCUT2D eigenvalue weighted by Crippen LogP contribution is -2.32. The number of hydrogen-bond acceptors (Lipinski definition) is 5. The summed E-state index contributed by atoms with van der Waals surface area (Å²) in [7, 11) is 0. The Hall–Kier alpha value is -2.80. The molecule has 1 aliphatic rings. The highest BCUT2D eigenvalue weighted by Gasteiger charge is 2.32. The Labute approximate surface area is 149 Å². The largest absolute Gasteiger partial charge is 0.508 e. The van der Waals surface area contributed by atoms with Crippen LogP contribution in [0.3, 0.4) is 0 Å². The van der Waals surface area contributed by atoms with Crippen LogP contribution in [0.15, 0.2) is 47.6 Å². The van der Waals surface area contributed by atoms with Gasteiger partial charge in [0.15, 0.2) is 5.17 Å². The van der Waals surface area contributed by atoms with Crippen molar-refractivity contribution < 1.29 is 14.7 Å². The number of phenols is 1. The molecule has 6 nitrogen and oxygen atoms in total. The van der Waals surface area contributed by atoms with Gasteiger partial charge in [-0.2, -0.15) is 0 Å². The van der Waals surface area contributed by atoms with Crippen molar-refractivity contribution in [2.24, 2.45) is 5.10 Å². The molecule has 1 fully saturated rings. The first-order chi connectivity index (χ1) is 12.0. The van der Waals surface area contributed by atoms with Crippen LogP contribution in [-0.4, -0.2) is 27.8 Å². The van der Waals surface area contributed by atoms with E-state index in [4.69, 9.17) is 0 Å². The molecule has 2 N–H and O–H groups in total. The van der Waals surface area contributed by atoms with Gasteiger partial charge in [0.2, 0.25) is 5.91 Å². The third kappa shape index (κ3) is 3.51. The molecule has 1 aliphatic heterocycles. The van der Waals surface area contributed by atoms with Gasteiger partial charge >= 0.3 is 0 Å². The van der Waals surface area contributed by atoms with Crippen molar-refractivity contribution in [3.8, 4) is 5.75 Å². The number of anilines is 1. The maximum Gasteiger partial charge on any atom is 0.271 e. The van der Waals surface area contributed by atoms with Gasteiger partial charge in [-0.3, -0.25) is 14.5 Å². The SMILES string of the molecule is Cc1cccc(C)c1N1C(=O)CS/C1=N/NC(=O)c1ccc(O)cc1. The summed E-state index contributed by atoms with van der Waals surface area (Å²) in [5.74, 6) is -0.114. The van der Waals surface area contributed by atoms with Gasteiger partial charge in [-0.15, -0.1) is 5.10 Å². The highest BCUT2D eigenvalue weighted by atomic mass is 32.2. The van der Waals surface area contributed by atoms with Crippen molar-refractivity contribution >= 4 is 34.4 Å². The van der Waals surface area contributed by atoms with Gasteiger partial charge in [-0.05, 0) is 49.2 Å². The highest BCUT2D eigenvalue weighted by molar-refractivity contribution is 8.15. The van der Waals surface area contributed by atoms with Crippen LogP contribution in [0, 0.1) is 13.8 Å². The normalized spacial score (nSPS) is 15.7. The van der Waals surface area contributed by atoms with Crippen molar-refractivity contribution in [1.29, 1.82) is 0 Å². The molecule has 3 rings (SSSR count). The van der Waals surface area contributed by atoms with E-state index in [2.05, 4.69) is 10.5 Å². The number of amides is 2. The van der Waals surface area contributed by atoms with E-state index < -0.39 is 5.91 Å². The fourth-order valence-electron chi connectivity index (χ4n) is 2.60. The van der Waals surface area contributed by atoms with Gasteiger partial charge < -0.3 is 5.11 Å². The Morgan fingerprint density at radius 2 is 1.80 bits per heavy atom. The Morgan fingerprint density at radius 3 is 2.44 bits per heavy atom. The number of benzene rings is 2. The molecule has 0 radical (unpaired) electrons. The van der Waals surface area contributed by atoms with Crippen molar-refractivity contribution in [2.45, 2.75) is 13.8 Å². The first-order valence-electron chi connectivity index (χ1n) is 7.66. The second-order valence-electron chi connectivity index (χ2n) is 5.64. The van der Waals surface area contributed by atoms with Crippen LogP contribution in [0.1, 0.15) is 21.5 Å². The molecule has 25 heavy (non-hydrogen) atoms. The highest BCUT2D eigenvalue weighted by Crippen LogP contribution is 2.31. The summed E-state index contributed by atoms with van der Waals surface area (Å²) in [5, 5.41) is 13.9. The van der Waals surface area contributed by atoms with Crippen LogP contribution in [-0.2, 0) is 4.79 Å². The maximum atomic E-state index is 12.3. The lowest BCUT2D eigenvalue weighted by Gasteiger charge is -2.20. The third-order valence-electron chi connectivity index (χ3n) is 3.81. The molecule has 0 saturated carbocycles. The minimum Gasteiger partial charge on any atom is -0.508 e. The Bertz CT molecular complexity index is 842. The van der Waals surface area contributed by atoms with E-state index in [1.807, 2.05) is 32.0 Å². The lowest BCUT2D eigenvalue weighted by molar-refractivity contribution is -0.115. The zero-order valence-electron chi connectivity index (χ0n) is 13.8. The molecule has 1 heterocycles. The van der Waals surface area contributed by atoms with Crippen LogP contribution in [0.5, 0.6) is 5.75 Å². The molecule has 2 aromatic rings. The average Bonchev–Trinajstić information content (AvgIpc) is 2.94. The standard InChI is InChI=1S/C18H17N3O3S/c1-11-4-3-5-12(2)16(11)21-15(23)10-25-18(21)20-19-17(24)13-6-8-14(22)9-7-13/h3-9,22H,10H2,1-2H3,(H,19,24)/b20-18+. The number of rotatable bonds is 3. The number of aromatic hydroxyl groups is 1. The number of phenolic OH excluding ortho intramolecular Hbond substituents is 1. The second kappa shape index (κ2) is 6.98. The summed E-state index contributed by atoms with van der Waals surface area (Å²) in [4.78, 5) is 26.0.